The van der Waals surface area contributed by atoms with Gasteiger partial charge in [-0.1, -0.05) is 6.07 Å². The van der Waals surface area contributed by atoms with Gasteiger partial charge in [0, 0.05) is 30.6 Å². The van der Waals surface area contributed by atoms with Crippen molar-refractivity contribution in [1.82, 2.24) is 15.3 Å². The largest absolute Gasteiger partial charge is 0.352 e. The van der Waals surface area contributed by atoms with Gasteiger partial charge >= 0.3 is 0 Å². The van der Waals surface area contributed by atoms with Crippen LogP contribution in [0.2, 0.25) is 0 Å². The molecule has 7 heteroatoms. The number of nitrogens with one attached hydrogen (secondary N) is 2. The van der Waals surface area contributed by atoms with Crippen LogP contribution in [0.4, 0.5) is 5.82 Å². The summed E-state index contributed by atoms with van der Waals surface area (Å²) < 4.78 is 0. The number of aryl methyl sites for hydroxylation is 2. The van der Waals surface area contributed by atoms with E-state index >= 15 is 0 Å². The maximum atomic E-state index is 11.7. The highest BCUT2D eigenvalue weighted by Gasteiger charge is 2.04. The van der Waals surface area contributed by atoms with Gasteiger partial charge in [-0.3, -0.25) is 9.59 Å². The van der Waals surface area contributed by atoms with Gasteiger partial charge in [-0.05, 0) is 31.6 Å². The highest BCUT2D eigenvalue weighted by Crippen LogP contribution is 2.09. The molecule has 120 valence electrons. The number of aromatic nitrogens is 2. The number of hydrogen-bond donors (Lipinski definition) is 2. The van der Waals surface area contributed by atoms with E-state index in [9.17, 15) is 9.59 Å². The Kier molecular flexibility index (Phi) is 5.99. The Balaban J connectivity index is 1.69. The molecule has 0 fully saturated rings. The average Bonchev–Trinajstić information content (AvgIpc) is 2.93. The van der Waals surface area contributed by atoms with E-state index in [-0.39, 0.29) is 24.8 Å². The molecule has 0 aliphatic rings. The normalized spacial score (nSPS) is 10.7. The van der Waals surface area contributed by atoms with E-state index in [4.69, 9.17) is 0 Å². The Bertz CT molecular complexity index is 707. The molecular weight excluding hydrogens is 312 g/mol. The lowest BCUT2D eigenvalue weighted by molar-refractivity contribution is -0.117. The molecule has 0 saturated carbocycles. The summed E-state index contributed by atoms with van der Waals surface area (Å²) in [7, 11) is 0. The molecule has 2 N–H and O–H groups in total. The van der Waals surface area contributed by atoms with E-state index in [1.165, 1.54) is 17.4 Å². The van der Waals surface area contributed by atoms with Crippen molar-refractivity contribution in [2.75, 3.05) is 11.9 Å². The van der Waals surface area contributed by atoms with Crippen LogP contribution < -0.4 is 10.6 Å². The topological polar surface area (TPSA) is 84.0 Å². The van der Waals surface area contributed by atoms with Gasteiger partial charge < -0.3 is 10.6 Å². The maximum absolute atomic E-state index is 11.7. The maximum Gasteiger partial charge on any atom is 0.244 e. The Morgan fingerprint density at radius 1 is 1.30 bits per heavy atom. The van der Waals surface area contributed by atoms with E-state index in [0.29, 0.717) is 5.82 Å². The van der Waals surface area contributed by atoms with Gasteiger partial charge in [-0.2, -0.15) is 0 Å². The van der Waals surface area contributed by atoms with E-state index in [1.807, 2.05) is 25.3 Å². The molecule has 0 saturated heterocycles. The molecule has 2 aromatic heterocycles. The highest BCUT2D eigenvalue weighted by atomic mass is 32.1. The van der Waals surface area contributed by atoms with Crippen LogP contribution in [0, 0.1) is 13.8 Å². The first-order valence-corrected chi connectivity index (χ1v) is 8.01. The summed E-state index contributed by atoms with van der Waals surface area (Å²) in [6.45, 7) is 4.09. The third kappa shape index (κ3) is 5.99. The van der Waals surface area contributed by atoms with E-state index in [2.05, 4.69) is 20.6 Å². The van der Waals surface area contributed by atoms with Gasteiger partial charge in [0.25, 0.3) is 0 Å². The molecule has 23 heavy (non-hydrogen) atoms. The number of rotatable bonds is 6. The van der Waals surface area contributed by atoms with Crippen LogP contribution in [0.15, 0.2) is 29.8 Å². The van der Waals surface area contributed by atoms with E-state index in [1.54, 1.807) is 18.3 Å². The van der Waals surface area contributed by atoms with Crippen molar-refractivity contribution < 1.29 is 9.59 Å². The quantitative estimate of drug-likeness (QED) is 0.796. The molecule has 0 atom stereocenters. The lowest BCUT2D eigenvalue weighted by Crippen LogP contribution is -2.26. The Morgan fingerprint density at radius 2 is 2.13 bits per heavy atom. The molecule has 2 rings (SSSR count). The van der Waals surface area contributed by atoms with Crippen LogP contribution in [0.25, 0.3) is 6.08 Å². The Morgan fingerprint density at radius 3 is 2.78 bits per heavy atom. The molecule has 0 aliphatic carbocycles. The van der Waals surface area contributed by atoms with Gasteiger partial charge in [0.1, 0.15) is 5.82 Å². The molecular formula is C16H18N4O2S. The monoisotopic (exact) mass is 330 g/mol. The van der Waals surface area contributed by atoms with Crippen LogP contribution in [0.3, 0.4) is 0 Å². The molecule has 0 bridgehead atoms. The van der Waals surface area contributed by atoms with Gasteiger partial charge in [0.05, 0.1) is 10.7 Å². The van der Waals surface area contributed by atoms with Crippen LogP contribution in [0.5, 0.6) is 0 Å². The second-order valence-corrected chi connectivity index (χ2v) is 6.00. The highest BCUT2D eigenvalue weighted by molar-refractivity contribution is 7.09. The summed E-state index contributed by atoms with van der Waals surface area (Å²) in [5, 5.41) is 8.16. The number of thiazole rings is 1. The molecule has 0 unspecified atom stereocenters. The molecule has 2 aromatic rings. The third-order valence-corrected chi connectivity index (χ3v) is 3.66. The predicted molar refractivity (Wildman–Crippen MR) is 91.1 cm³/mol. The zero-order valence-electron chi connectivity index (χ0n) is 13.0. The van der Waals surface area contributed by atoms with Gasteiger partial charge in [0.15, 0.2) is 0 Å². The third-order valence-electron chi connectivity index (χ3n) is 2.87. The van der Waals surface area contributed by atoms with Crippen molar-refractivity contribution in [2.24, 2.45) is 0 Å². The first-order chi connectivity index (χ1) is 11.0. The summed E-state index contributed by atoms with van der Waals surface area (Å²) in [6.07, 6.45) is 4.93. The van der Waals surface area contributed by atoms with Crippen molar-refractivity contribution in [3.63, 3.8) is 0 Å². The number of hydrogen-bond acceptors (Lipinski definition) is 5. The number of carbonyl (C=O) groups is 2. The number of pyridine rings is 1. The Labute approximate surface area is 138 Å². The summed E-state index contributed by atoms with van der Waals surface area (Å²) in [5.41, 5.74) is 1.78. The minimum atomic E-state index is -0.253. The zero-order chi connectivity index (χ0) is 16.7. The van der Waals surface area contributed by atoms with Crippen LogP contribution >= 0.6 is 11.3 Å². The second kappa shape index (κ2) is 8.19. The van der Waals surface area contributed by atoms with Crippen molar-refractivity contribution in [1.29, 1.82) is 0 Å². The first-order valence-electron chi connectivity index (χ1n) is 7.13. The van der Waals surface area contributed by atoms with Crippen molar-refractivity contribution in [3.05, 3.63) is 46.1 Å². The summed E-state index contributed by atoms with van der Waals surface area (Å²) in [5.74, 6) is 0.0587. The Hall–Kier alpha value is -2.54. The van der Waals surface area contributed by atoms with E-state index in [0.717, 1.165) is 16.3 Å². The fourth-order valence-electron chi connectivity index (χ4n) is 1.72. The SMILES string of the molecule is Cc1ccc(NC(=O)CCNC(=O)/C=C\c2csc(C)n2)nc1. The molecule has 0 aromatic carbocycles. The van der Waals surface area contributed by atoms with Crippen molar-refractivity contribution in [3.8, 4) is 0 Å². The van der Waals surface area contributed by atoms with Crippen LogP contribution in [0.1, 0.15) is 22.7 Å². The molecule has 6 nitrogen and oxygen atoms in total. The molecule has 2 heterocycles. The number of nitrogens with zero attached hydrogens (tertiary/aromatic N) is 2. The van der Waals surface area contributed by atoms with Gasteiger partial charge in [-0.25, -0.2) is 9.97 Å². The lowest BCUT2D eigenvalue weighted by atomic mass is 10.3. The number of amides is 2. The number of carbonyl (C=O) groups excluding carboxylic acids is 2. The van der Waals surface area contributed by atoms with Gasteiger partial charge in [-0.15, -0.1) is 11.3 Å². The zero-order valence-corrected chi connectivity index (χ0v) is 13.8. The van der Waals surface area contributed by atoms with Crippen LogP contribution in [-0.4, -0.2) is 28.3 Å². The minimum absolute atomic E-state index is 0.185. The minimum Gasteiger partial charge on any atom is -0.352 e. The molecule has 2 amide bonds. The fraction of sp³-hybridized carbons (Fsp3) is 0.250. The van der Waals surface area contributed by atoms with Crippen molar-refractivity contribution >= 4 is 35.0 Å². The fourth-order valence-corrected chi connectivity index (χ4v) is 2.30. The smallest absolute Gasteiger partial charge is 0.244 e. The first kappa shape index (κ1) is 16.8. The molecule has 0 radical (unpaired) electrons. The second-order valence-electron chi connectivity index (χ2n) is 4.93. The molecule has 0 spiro atoms. The van der Waals surface area contributed by atoms with Crippen molar-refractivity contribution in [2.45, 2.75) is 20.3 Å². The number of anilines is 1. The average molecular weight is 330 g/mol. The van der Waals surface area contributed by atoms with E-state index < -0.39 is 0 Å². The lowest BCUT2D eigenvalue weighted by Gasteiger charge is -2.05. The summed E-state index contributed by atoms with van der Waals surface area (Å²) >= 11 is 1.53. The standard InChI is InChI=1S/C16H18N4O2S/c1-11-3-5-14(18-9-11)20-16(22)7-8-17-15(21)6-4-13-10-23-12(2)19-13/h3-6,9-10H,7-8H2,1-2H3,(H,17,21)(H,18,20,22)/b6-4-. The molecule has 0 aliphatic heterocycles. The summed E-state index contributed by atoms with van der Waals surface area (Å²) in [6, 6.07) is 3.61. The summed E-state index contributed by atoms with van der Waals surface area (Å²) in [4.78, 5) is 31.7. The predicted octanol–water partition coefficient (Wildman–Crippen LogP) is 2.31. The van der Waals surface area contributed by atoms with Gasteiger partial charge in [0.2, 0.25) is 11.8 Å². The van der Waals surface area contributed by atoms with Crippen LogP contribution in [-0.2, 0) is 9.59 Å².